The molecule has 0 bridgehead atoms. The third-order valence-electron chi connectivity index (χ3n) is 5.38. The lowest BCUT2D eigenvalue weighted by Crippen LogP contribution is -2.53. The number of ether oxygens (including phenoxy) is 1. The quantitative estimate of drug-likeness (QED) is 0.475. The molecule has 2 amide bonds. The highest BCUT2D eigenvalue weighted by Crippen LogP contribution is 2.22. The maximum absolute atomic E-state index is 13.6. The van der Waals surface area contributed by atoms with E-state index in [9.17, 15) is 22.4 Å². The number of likely N-dealkylation sites (N-methyl/N-ethyl adjacent to an activating group) is 1. The Bertz CT molecular complexity index is 1090. The van der Waals surface area contributed by atoms with Gasteiger partial charge in [-0.3, -0.25) is 9.59 Å². The van der Waals surface area contributed by atoms with Gasteiger partial charge in [0.25, 0.3) is 0 Å². The van der Waals surface area contributed by atoms with Crippen LogP contribution in [0.25, 0.3) is 0 Å². The van der Waals surface area contributed by atoms with Gasteiger partial charge >= 0.3 is 10.2 Å². The molecule has 0 spiro atoms. The van der Waals surface area contributed by atoms with Crippen LogP contribution in [0.4, 0.5) is 10.1 Å². The Kier molecular flexibility index (Phi) is 10.0. The SMILES string of the molecule is CCNC(=O)[C@H](CC)N(Cc1ccc(OC)cc1)C(=O)CN(c1ccc(F)cc1)S(=O)(=O)N(C)C. The monoisotopic (exact) mass is 508 g/mol. The van der Waals surface area contributed by atoms with Crippen molar-refractivity contribution in [2.75, 3.05) is 38.6 Å². The van der Waals surface area contributed by atoms with Crippen molar-refractivity contribution < 1.29 is 27.1 Å². The number of nitrogens with one attached hydrogen (secondary N) is 1. The molecular formula is C24H33FN4O5S. The molecule has 0 heterocycles. The molecule has 0 fully saturated rings. The second-order valence-corrected chi connectivity index (χ2v) is 10.0. The molecule has 2 aromatic rings. The summed E-state index contributed by atoms with van der Waals surface area (Å²) in [6.07, 6.45) is 0.324. The van der Waals surface area contributed by atoms with Crippen LogP contribution in [0.1, 0.15) is 25.8 Å². The number of halogens is 1. The first-order valence-corrected chi connectivity index (χ1v) is 12.6. The van der Waals surface area contributed by atoms with Gasteiger partial charge < -0.3 is 15.0 Å². The van der Waals surface area contributed by atoms with Gasteiger partial charge in [-0.1, -0.05) is 19.1 Å². The summed E-state index contributed by atoms with van der Waals surface area (Å²) in [5, 5.41) is 2.74. The highest BCUT2D eigenvalue weighted by atomic mass is 32.2. The Balaban J connectivity index is 2.47. The van der Waals surface area contributed by atoms with Crippen LogP contribution in [0.2, 0.25) is 0 Å². The molecule has 2 rings (SSSR count). The first-order chi connectivity index (χ1) is 16.5. The van der Waals surface area contributed by atoms with Crippen molar-refractivity contribution in [3.05, 3.63) is 59.9 Å². The van der Waals surface area contributed by atoms with E-state index >= 15 is 0 Å². The van der Waals surface area contributed by atoms with E-state index < -0.39 is 34.5 Å². The third kappa shape index (κ3) is 7.15. The van der Waals surface area contributed by atoms with Gasteiger partial charge in [0.15, 0.2) is 0 Å². The van der Waals surface area contributed by atoms with E-state index in [1.165, 1.54) is 31.1 Å². The van der Waals surface area contributed by atoms with Gasteiger partial charge in [0.05, 0.1) is 12.8 Å². The largest absolute Gasteiger partial charge is 0.497 e. The summed E-state index contributed by atoms with van der Waals surface area (Å²) in [5.74, 6) is -0.804. The van der Waals surface area contributed by atoms with Crippen LogP contribution < -0.4 is 14.4 Å². The molecule has 0 unspecified atom stereocenters. The zero-order chi connectivity index (χ0) is 26.2. The number of carbonyl (C=O) groups is 2. The summed E-state index contributed by atoms with van der Waals surface area (Å²) in [6.45, 7) is 3.45. The minimum atomic E-state index is -4.10. The van der Waals surface area contributed by atoms with E-state index in [0.29, 0.717) is 18.7 Å². The zero-order valence-corrected chi connectivity index (χ0v) is 21.5. The van der Waals surface area contributed by atoms with E-state index in [1.54, 1.807) is 45.2 Å². The average molecular weight is 509 g/mol. The van der Waals surface area contributed by atoms with E-state index in [-0.39, 0.29) is 18.1 Å². The van der Waals surface area contributed by atoms with Crippen LogP contribution in [-0.4, -0.2) is 69.8 Å². The number of nitrogens with zero attached hydrogens (tertiary/aromatic N) is 3. The van der Waals surface area contributed by atoms with E-state index in [4.69, 9.17) is 4.74 Å². The zero-order valence-electron chi connectivity index (χ0n) is 20.7. The molecule has 0 aliphatic heterocycles. The third-order valence-corrected chi connectivity index (χ3v) is 7.20. The number of methoxy groups -OCH3 is 1. The van der Waals surface area contributed by atoms with E-state index in [1.807, 2.05) is 0 Å². The van der Waals surface area contributed by atoms with E-state index in [2.05, 4.69) is 5.32 Å². The molecule has 1 atom stereocenters. The molecule has 0 saturated heterocycles. The molecule has 192 valence electrons. The molecule has 35 heavy (non-hydrogen) atoms. The fourth-order valence-electron chi connectivity index (χ4n) is 3.46. The van der Waals surface area contributed by atoms with Crippen molar-refractivity contribution >= 4 is 27.7 Å². The first kappa shape index (κ1) is 28.1. The maximum atomic E-state index is 13.6. The summed E-state index contributed by atoms with van der Waals surface area (Å²) in [7, 11) is 0.130. The van der Waals surface area contributed by atoms with Crippen LogP contribution in [0.15, 0.2) is 48.5 Å². The lowest BCUT2D eigenvalue weighted by atomic mass is 10.1. The van der Waals surface area contributed by atoms with Crippen molar-refractivity contribution in [2.24, 2.45) is 0 Å². The number of anilines is 1. The number of carbonyl (C=O) groups excluding carboxylic acids is 2. The second kappa shape index (κ2) is 12.5. The van der Waals surface area contributed by atoms with Gasteiger partial charge in [0.2, 0.25) is 11.8 Å². The summed E-state index contributed by atoms with van der Waals surface area (Å²) >= 11 is 0. The summed E-state index contributed by atoms with van der Waals surface area (Å²) in [6, 6.07) is 11.0. The standard InChI is InChI=1S/C24H33FN4O5S/c1-6-22(24(31)26-7-2)28(16-18-8-14-21(34-5)15-9-18)23(30)17-29(35(32,33)27(3)4)20-12-10-19(25)11-13-20/h8-15,22H,6-7,16-17H2,1-5H3,(H,26,31)/t22-/m0/s1. The second-order valence-electron chi connectivity index (χ2n) is 7.96. The van der Waals surface area contributed by atoms with Crippen LogP contribution in [0, 0.1) is 5.82 Å². The number of hydrogen-bond donors (Lipinski definition) is 1. The Hall–Kier alpha value is -3.18. The fourth-order valence-corrected chi connectivity index (χ4v) is 4.52. The summed E-state index contributed by atoms with van der Waals surface area (Å²) in [5.41, 5.74) is 0.870. The minimum absolute atomic E-state index is 0.0811. The van der Waals surface area contributed by atoms with E-state index in [0.717, 1.165) is 26.3 Å². The predicted octanol–water partition coefficient (Wildman–Crippen LogP) is 2.39. The van der Waals surface area contributed by atoms with Gasteiger partial charge in [-0.05, 0) is 55.3 Å². The van der Waals surface area contributed by atoms with Crippen LogP contribution in [0.3, 0.4) is 0 Å². The topological polar surface area (TPSA) is 99.3 Å². The van der Waals surface area contributed by atoms with Crippen LogP contribution >= 0.6 is 0 Å². The summed E-state index contributed by atoms with van der Waals surface area (Å²) in [4.78, 5) is 27.8. The Morgan fingerprint density at radius 2 is 1.63 bits per heavy atom. The van der Waals surface area contributed by atoms with Crippen LogP contribution in [0.5, 0.6) is 5.75 Å². The Morgan fingerprint density at radius 1 is 1.03 bits per heavy atom. The number of amides is 2. The predicted molar refractivity (Wildman–Crippen MR) is 133 cm³/mol. The van der Waals surface area contributed by atoms with Gasteiger partial charge in [0, 0.05) is 27.2 Å². The average Bonchev–Trinajstić information content (AvgIpc) is 2.83. The van der Waals surface area contributed by atoms with Crippen LogP contribution in [-0.2, 0) is 26.3 Å². The molecule has 2 aromatic carbocycles. The fraction of sp³-hybridized carbons (Fsp3) is 0.417. The maximum Gasteiger partial charge on any atom is 0.304 e. The van der Waals surface area contributed by atoms with Crippen molar-refractivity contribution in [3.8, 4) is 5.75 Å². The molecule has 9 nitrogen and oxygen atoms in total. The summed E-state index contributed by atoms with van der Waals surface area (Å²) < 4.78 is 46.7. The Labute approximate surface area is 206 Å². The van der Waals surface area contributed by atoms with Gasteiger partial charge in [-0.2, -0.15) is 12.7 Å². The van der Waals surface area contributed by atoms with Crippen molar-refractivity contribution in [1.29, 1.82) is 0 Å². The lowest BCUT2D eigenvalue weighted by molar-refractivity contribution is -0.140. The van der Waals surface area contributed by atoms with Crippen molar-refractivity contribution in [3.63, 3.8) is 0 Å². The molecule has 11 heteroatoms. The molecule has 1 N–H and O–H groups in total. The van der Waals surface area contributed by atoms with Crippen molar-refractivity contribution in [1.82, 2.24) is 14.5 Å². The molecule has 0 aromatic heterocycles. The molecular weight excluding hydrogens is 475 g/mol. The molecule has 0 radical (unpaired) electrons. The number of rotatable bonds is 12. The highest BCUT2D eigenvalue weighted by Gasteiger charge is 2.33. The molecule has 0 aliphatic rings. The molecule has 0 aliphatic carbocycles. The number of benzene rings is 2. The van der Waals surface area contributed by atoms with Gasteiger partial charge in [0.1, 0.15) is 24.2 Å². The number of hydrogen-bond acceptors (Lipinski definition) is 5. The molecule has 0 saturated carbocycles. The first-order valence-electron chi connectivity index (χ1n) is 11.2. The van der Waals surface area contributed by atoms with Gasteiger partial charge in [-0.15, -0.1) is 0 Å². The van der Waals surface area contributed by atoms with Gasteiger partial charge in [-0.25, -0.2) is 8.70 Å². The normalized spacial score (nSPS) is 12.2. The lowest BCUT2D eigenvalue weighted by Gasteiger charge is -2.33. The Morgan fingerprint density at radius 3 is 2.11 bits per heavy atom. The van der Waals surface area contributed by atoms with Crippen molar-refractivity contribution in [2.45, 2.75) is 32.9 Å². The minimum Gasteiger partial charge on any atom is -0.497 e. The highest BCUT2D eigenvalue weighted by molar-refractivity contribution is 7.90. The smallest absolute Gasteiger partial charge is 0.304 e.